The molecular formula is C54H70Cl5F3N9O14PS. The Kier molecular flexibility index (Phi) is 35.5. The van der Waals surface area contributed by atoms with Crippen LogP contribution in [-0.2, 0) is 47.2 Å². The summed E-state index contributed by atoms with van der Waals surface area (Å²) in [6.45, 7) is 15.1. The second-order valence-electron chi connectivity index (χ2n) is 18.7. The van der Waals surface area contributed by atoms with Crippen LogP contribution in [0.2, 0.25) is 10.3 Å². The number of carbonyl (C=O) groups is 4. The second kappa shape index (κ2) is 39.1. The van der Waals surface area contributed by atoms with Gasteiger partial charge in [0.1, 0.15) is 42.9 Å². The van der Waals surface area contributed by atoms with Crippen molar-refractivity contribution in [1.82, 2.24) is 20.3 Å². The van der Waals surface area contributed by atoms with Gasteiger partial charge in [-0.1, -0.05) is 72.1 Å². The van der Waals surface area contributed by atoms with Crippen LogP contribution in [-0.4, -0.2) is 146 Å². The number of hydrogen-bond acceptors (Lipinski definition) is 17. The summed E-state index contributed by atoms with van der Waals surface area (Å²) in [5.41, 5.74) is 1.68. The van der Waals surface area contributed by atoms with Crippen LogP contribution in [0.1, 0.15) is 68.6 Å². The van der Waals surface area contributed by atoms with Crippen molar-refractivity contribution in [2.75, 3.05) is 84.8 Å². The maximum atomic E-state index is 12.6. The molecule has 3 atom stereocenters. The summed E-state index contributed by atoms with van der Waals surface area (Å²) < 4.78 is 63.5. The lowest BCUT2D eigenvalue weighted by atomic mass is 10.0. The number of alkyl halides is 6. The van der Waals surface area contributed by atoms with Crippen LogP contribution in [0.25, 0.3) is 0 Å². The molecule has 0 radical (unpaired) electrons. The van der Waals surface area contributed by atoms with Crippen LogP contribution < -0.4 is 40.1 Å². The van der Waals surface area contributed by atoms with Crippen molar-refractivity contribution in [3.8, 4) is 17.2 Å². The number of nitrogens with zero attached hydrogens (tertiary/aromatic N) is 6. The van der Waals surface area contributed by atoms with Gasteiger partial charge in [0.05, 0.1) is 77.2 Å². The molecule has 23 nitrogen and oxygen atoms in total. The van der Waals surface area contributed by atoms with Crippen molar-refractivity contribution in [2.24, 2.45) is 0 Å². The first-order valence-corrected chi connectivity index (χ1v) is 32.1. The number of hydrogen-bond donors (Lipinski definition) is 6. The summed E-state index contributed by atoms with van der Waals surface area (Å²) in [5, 5.41) is 35.6. The number of rotatable bonds is 19. The van der Waals surface area contributed by atoms with Crippen molar-refractivity contribution >= 4 is 129 Å². The normalized spacial score (nSPS) is 13.2. The lowest BCUT2D eigenvalue weighted by molar-refractivity contribution is -0.385. The van der Waals surface area contributed by atoms with Gasteiger partial charge in [0.15, 0.2) is 4.84 Å². The summed E-state index contributed by atoms with van der Waals surface area (Å²) in [4.78, 5) is 87.1. The standard InChI is InChI=1S/C15H22ClNO2.C14H7ClF3NO5.C11H11Cl2NO2.C8H14ClN5.C3H8NO5P.C3H9S/c1-5-13-8-6-7-11(2)15(13)17(14(18)9-16)12(3)10-19-4;15-10-5-7(14(16,17)18)1-4-12(10)24-8-2-3-11(19(22)23)9(6-8)13(20)21;1-7-6-16-9-5-3-2-4-8(9)14(7)11(15)10(12)13;1-4-10-7-12-6(9)13-8(14-7)11-5(2)3;5-3(6)1-4-2-10(7,8)9;1-4(2)3/h6-8,12H,5,9-10H2,1-4H3;1-6H,(H,20,21);2-5,7,10H,6H2,1H3;5H,4H2,1-3H3,(H2,10,11,12,13,14);4H,1-2H2,(H,5,6)(H2,7,8,9);1-3H3/q;;;;;+1/p-1. The largest absolute Gasteiger partial charge is 0.778 e. The number of fused-ring (bicyclic) bond motifs is 1. The summed E-state index contributed by atoms with van der Waals surface area (Å²) in [5.74, 6) is -1.75. The van der Waals surface area contributed by atoms with Gasteiger partial charge in [0.25, 0.3) is 11.6 Å². The quantitative estimate of drug-likeness (QED) is 0.0147. The molecule has 2 amide bonds. The Morgan fingerprint density at radius 1 is 0.966 bits per heavy atom. The van der Waals surface area contributed by atoms with Gasteiger partial charge >= 0.3 is 18.1 Å². The molecule has 0 bridgehead atoms. The number of aromatic carboxylic acids is 1. The molecule has 1 aromatic heterocycles. The average molecular weight is 1370 g/mol. The number of anilines is 4. The third-order valence-electron chi connectivity index (χ3n) is 10.5. The number of halogens is 8. The van der Waals surface area contributed by atoms with Gasteiger partial charge in [-0.2, -0.15) is 28.1 Å². The summed E-state index contributed by atoms with van der Waals surface area (Å²) in [6, 6.07) is 18.8. The lowest BCUT2D eigenvalue weighted by Gasteiger charge is -2.35. The van der Waals surface area contributed by atoms with Crippen LogP contribution in [0.15, 0.2) is 78.9 Å². The fourth-order valence-corrected chi connectivity index (χ4v) is 8.19. The Bertz CT molecular complexity index is 3080. The minimum Gasteiger partial charge on any atom is -0.778 e. The monoisotopic (exact) mass is 1360 g/mol. The highest BCUT2D eigenvalue weighted by molar-refractivity contribution is 7.94. The Labute approximate surface area is 530 Å². The van der Waals surface area contributed by atoms with Crippen LogP contribution >= 0.6 is 65.6 Å². The average Bonchev–Trinajstić information content (AvgIpc) is 1.73. The summed E-state index contributed by atoms with van der Waals surface area (Å²) >= 11 is 28.5. The van der Waals surface area contributed by atoms with E-state index in [2.05, 4.69) is 57.3 Å². The van der Waals surface area contributed by atoms with Crippen molar-refractivity contribution in [3.05, 3.63) is 122 Å². The number of aliphatic carboxylic acids is 1. The molecule has 0 spiro atoms. The van der Waals surface area contributed by atoms with E-state index in [1.165, 1.54) is 0 Å². The van der Waals surface area contributed by atoms with Crippen LogP contribution in [0.3, 0.4) is 0 Å². The molecule has 0 aliphatic carbocycles. The Morgan fingerprint density at radius 2 is 1.59 bits per heavy atom. The van der Waals surface area contributed by atoms with Gasteiger partial charge in [-0.3, -0.25) is 29.8 Å². The molecule has 0 fully saturated rings. The number of amides is 2. The van der Waals surface area contributed by atoms with E-state index in [9.17, 15) is 51.9 Å². The number of para-hydroxylation sites is 3. The summed E-state index contributed by atoms with van der Waals surface area (Å²) in [6.07, 6.45) is 2.17. The first kappa shape index (κ1) is 79.0. The van der Waals surface area contributed by atoms with Gasteiger partial charge in [0.2, 0.25) is 23.1 Å². The molecule has 4 aromatic carbocycles. The predicted octanol–water partition coefficient (Wildman–Crippen LogP) is 11.0. The number of carboxylic acids is 2. The molecule has 5 aromatic rings. The van der Waals surface area contributed by atoms with Crippen LogP contribution in [0.5, 0.6) is 17.2 Å². The number of nitro groups is 1. The molecular weight excluding hydrogens is 1300 g/mol. The van der Waals surface area contributed by atoms with Crippen molar-refractivity contribution in [3.63, 3.8) is 0 Å². The molecule has 482 valence electrons. The van der Waals surface area contributed by atoms with Gasteiger partial charge in [-0.15, -0.1) is 11.6 Å². The number of aryl methyl sites for hydroxylation is 2. The second-order valence-corrected chi connectivity index (χ2v) is 24.8. The number of aromatic nitrogens is 3. The highest BCUT2D eigenvalue weighted by Crippen LogP contribution is 2.38. The minimum atomic E-state index is -4.58. The molecule has 0 saturated carbocycles. The SMILES string of the molecule is CC1COc2ccccc2N1C(=O)C(Cl)Cl.CCNc1nc(Cl)nc(NC(C)C)n1.CCc1cccc(C)c1N(C(=O)CCl)C(C)COC.C[S+](C)C.O=C(O)CNCP(=O)([O-])O.O=C(O)c1cc(Oc2ccc(C(F)(F)F)cc2Cl)ccc1[N+](=O)[O-]. The smallest absolute Gasteiger partial charge is 0.416 e. The fraction of sp³-hybridized carbons (Fsp3) is 0.426. The van der Waals surface area contributed by atoms with E-state index >= 15 is 0 Å². The first-order valence-electron chi connectivity index (χ1n) is 25.7. The number of ether oxygens (including phenoxy) is 3. The number of benzene rings is 4. The third kappa shape index (κ3) is 29.3. The summed E-state index contributed by atoms with van der Waals surface area (Å²) in [7, 11) is -2.07. The lowest BCUT2D eigenvalue weighted by Crippen LogP contribution is -2.47. The van der Waals surface area contributed by atoms with E-state index in [1.807, 2.05) is 83.3 Å². The molecule has 0 saturated heterocycles. The Balaban J connectivity index is 0.000000548. The number of nitrogens with one attached hydrogen (secondary N) is 3. The minimum absolute atomic E-state index is 0.0223. The van der Waals surface area contributed by atoms with Crippen molar-refractivity contribution in [2.45, 2.75) is 84.0 Å². The van der Waals surface area contributed by atoms with E-state index in [4.69, 9.17) is 87.3 Å². The van der Waals surface area contributed by atoms with E-state index in [1.54, 1.807) is 16.9 Å². The molecule has 1 aliphatic heterocycles. The highest BCUT2D eigenvalue weighted by Gasteiger charge is 2.33. The molecule has 33 heteroatoms. The zero-order chi connectivity index (χ0) is 66.5. The van der Waals surface area contributed by atoms with Gasteiger partial charge in [-0.25, -0.2) is 4.79 Å². The molecule has 1 aliphatic rings. The topological polar surface area (TPSA) is 321 Å². The third-order valence-corrected chi connectivity index (χ3v) is 12.2. The predicted molar refractivity (Wildman–Crippen MR) is 334 cm³/mol. The maximum absolute atomic E-state index is 12.6. The molecule has 6 N–H and O–H groups in total. The number of methoxy groups -OCH3 is 1. The number of carboxylic acid groups (broad SMARTS) is 2. The number of nitro benzene ring substituents is 1. The van der Waals surface area contributed by atoms with E-state index in [-0.39, 0.29) is 57.6 Å². The van der Waals surface area contributed by atoms with Gasteiger partial charge < -0.3 is 59.2 Å². The molecule has 6 rings (SSSR count). The molecule has 2 heterocycles. The highest BCUT2D eigenvalue weighted by atomic mass is 35.5. The van der Waals surface area contributed by atoms with Crippen LogP contribution in [0, 0.1) is 17.0 Å². The van der Waals surface area contributed by atoms with E-state index < -0.39 is 65.1 Å². The maximum Gasteiger partial charge on any atom is 0.416 e. The number of carbonyl (C=O) groups excluding carboxylic acids is 2. The van der Waals surface area contributed by atoms with Gasteiger partial charge in [-0.05, 0) is 118 Å². The van der Waals surface area contributed by atoms with E-state index in [0.717, 1.165) is 65.8 Å². The first-order chi connectivity index (χ1) is 40.5. The Hall–Kier alpha value is -5.97. The Morgan fingerprint density at radius 3 is 2.09 bits per heavy atom. The van der Waals surface area contributed by atoms with Crippen LogP contribution in [0.4, 0.5) is 42.1 Å². The van der Waals surface area contributed by atoms with Crippen molar-refractivity contribution < 1.29 is 76.0 Å². The zero-order valence-electron chi connectivity index (χ0n) is 49.2. The molecule has 87 heavy (non-hydrogen) atoms. The van der Waals surface area contributed by atoms with Crippen molar-refractivity contribution in [1.29, 1.82) is 0 Å². The molecule has 3 unspecified atom stereocenters. The van der Waals surface area contributed by atoms with E-state index in [0.29, 0.717) is 47.8 Å². The fourth-order valence-electron chi connectivity index (χ4n) is 7.07. The zero-order valence-corrected chi connectivity index (χ0v) is 54.7. The van der Waals surface area contributed by atoms with Gasteiger partial charge in [0, 0.05) is 31.8 Å².